The summed E-state index contributed by atoms with van der Waals surface area (Å²) in [6.07, 6.45) is 0. The third kappa shape index (κ3) is 5.24. The fourth-order valence-electron chi connectivity index (χ4n) is 3.71. The minimum absolute atomic E-state index is 0.118. The predicted molar refractivity (Wildman–Crippen MR) is 129 cm³/mol. The van der Waals surface area contributed by atoms with E-state index in [1.54, 1.807) is 54.2 Å². The van der Waals surface area contributed by atoms with Gasteiger partial charge in [-0.15, -0.1) is 11.8 Å². The fourth-order valence-corrected chi connectivity index (χ4v) is 6.10. The molecule has 0 aliphatic carbocycles. The molecule has 4 rings (SSSR count). The van der Waals surface area contributed by atoms with Crippen LogP contribution in [0.4, 0.5) is 0 Å². The van der Waals surface area contributed by atoms with Gasteiger partial charge < -0.3 is 9.47 Å². The van der Waals surface area contributed by atoms with Crippen molar-refractivity contribution in [3.05, 3.63) is 94.5 Å². The Morgan fingerprint density at radius 1 is 1.09 bits per heavy atom. The van der Waals surface area contributed by atoms with Crippen LogP contribution in [0.1, 0.15) is 37.9 Å². The average molecular weight is 484 g/mol. The number of nitrogens with one attached hydrogen (secondary N) is 1. The standard InChI is InChI=1S/C25H25NO5S2/c1-17-7-10-20(11-8-17)33(28,29)26-13-14-32-24-21-6-4-3-5-19(21)16-31-23-12-9-18(15-22(23)24)25(27)30-2/h3-12,15,24,26H,13-14,16H2,1-2H3. The van der Waals surface area contributed by atoms with Gasteiger partial charge in [-0.2, -0.15) is 0 Å². The maximum absolute atomic E-state index is 12.6. The van der Waals surface area contributed by atoms with Crippen molar-refractivity contribution in [1.29, 1.82) is 0 Å². The zero-order valence-corrected chi connectivity index (χ0v) is 20.0. The minimum Gasteiger partial charge on any atom is -0.489 e. The summed E-state index contributed by atoms with van der Waals surface area (Å²) in [5.41, 5.74) is 4.47. The monoisotopic (exact) mass is 483 g/mol. The Morgan fingerprint density at radius 3 is 2.61 bits per heavy atom. The Bertz CT molecular complexity index is 1260. The molecule has 3 aromatic carbocycles. The molecule has 1 aliphatic heterocycles. The van der Waals surface area contributed by atoms with Crippen molar-refractivity contribution in [2.75, 3.05) is 19.4 Å². The number of sulfonamides is 1. The molecule has 1 atom stereocenters. The van der Waals surface area contributed by atoms with Gasteiger partial charge in [-0.25, -0.2) is 17.9 Å². The highest BCUT2D eigenvalue weighted by Gasteiger charge is 2.26. The number of carbonyl (C=O) groups excluding carboxylic acids is 1. The first-order valence-corrected chi connectivity index (χ1v) is 13.0. The van der Waals surface area contributed by atoms with Gasteiger partial charge in [-0.3, -0.25) is 0 Å². The lowest BCUT2D eigenvalue weighted by Crippen LogP contribution is -2.26. The first-order valence-electron chi connectivity index (χ1n) is 10.5. The van der Waals surface area contributed by atoms with E-state index in [9.17, 15) is 13.2 Å². The summed E-state index contributed by atoms with van der Waals surface area (Å²) in [5, 5.41) is -0.118. The molecule has 1 aliphatic rings. The van der Waals surface area contributed by atoms with Crippen LogP contribution in [0.3, 0.4) is 0 Å². The van der Waals surface area contributed by atoms with E-state index in [0.717, 1.165) is 22.3 Å². The molecule has 0 fully saturated rings. The number of methoxy groups -OCH3 is 1. The number of carbonyl (C=O) groups is 1. The Kier molecular flexibility index (Phi) is 7.07. The highest BCUT2D eigenvalue weighted by molar-refractivity contribution is 7.99. The number of esters is 1. The van der Waals surface area contributed by atoms with Crippen LogP contribution in [-0.2, 0) is 21.4 Å². The first kappa shape index (κ1) is 23.4. The predicted octanol–water partition coefficient (Wildman–Crippen LogP) is 4.48. The Labute approximate surface area is 198 Å². The molecule has 0 aromatic heterocycles. The Balaban J connectivity index is 1.55. The second-order valence-electron chi connectivity index (χ2n) is 7.69. The lowest BCUT2D eigenvalue weighted by atomic mass is 9.98. The first-order chi connectivity index (χ1) is 15.9. The zero-order valence-electron chi connectivity index (χ0n) is 18.4. The molecule has 3 aromatic rings. The number of rotatable bonds is 7. The number of hydrogen-bond donors (Lipinski definition) is 1. The molecule has 172 valence electrons. The van der Waals surface area contributed by atoms with Gasteiger partial charge in [0.2, 0.25) is 10.0 Å². The zero-order chi connectivity index (χ0) is 23.4. The summed E-state index contributed by atoms with van der Waals surface area (Å²) in [6.45, 7) is 2.61. The lowest BCUT2D eigenvalue weighted by Gasteiger charge is -2.19. The number of fused-ring (bicyclic) bond motifs is 2. The number of aryl methyl sites for hydroxylation is 1. The van der Waals surface area contributed by atoms with Crippen LogP contribution in [0, 0.1) is 6.92 Å². The third-order valence-corrected chi connectivity index (χ3v) is 8.20. The molecule has 1 unspecified atom stereocenters. The van der Waals surface area contributed by atoms with Crippen molar-refractivity contribution in [1.82, 2.24) is 4.72 Å². The van der Waals surface area contributed by atoms with E-state index in [4.69, 9.17) is 9.47 Å². The van der Waals surface area contributed by atoms with Crippen molar-refractivity contribution >= 4 is 27.8 Å². The fraction of sp³-hybridized carbons (Fsp3) is 0.240. The van der Waals surface area contributed by atoms with E-state index in [1.807, 2.05) is 31.2 Å². The molecule has 0 bridgehead atoms. The quantitative estimate of drug-likeness (QED) is 0.394. The van der Waals surface area contributed by atoms with Crippen molar-refractivity contribution in [3.8, 4) is 5.75 Å². The van der Waals surface area contributed by atoms with Crippen molar-refractivity contribution in [2.24, 2.45) is 0 Å². The summed E-state index contributed by atoms with van der Waals surface area (Å²) in [4.78, 5) is 12.4. The maximum atomic E-state index is 12.6. The Hall–Kier alpha value is -2.81. The van der Waals surface area contributed by atoms with E-state index in [-0.39, 0.29) is 16.7 Å². The van der Waals surface area contributed by atoms with Crippen LogP contribution in [-0.4, -0.2) is 33.8 Å². The van der Waals surface area contributed by atoms with Gasteiger partial charge in [-0.05, 0) is 48.4 Å². The van der Waals surface area contributed by atoms with Crippen molar-refractivity contribution in [2.45, 2.75) is 23.7 Å². The average Bonchev–Trinajstić information content (AvgIpc) is 2.98. The number of thioether (sulfide) groups is 1. The molecular weight excluding hydrogens is 458 g/mol. The maximum Gasteiger partial charge on any atom is 0.337 e. The van der Waals surface area contributed by atoms with Crippen LogP contribution >= 0.6 is 11.8 Å². The smallest absolute Gasteiger partial charge is 0.337 e. The van der Waals surface area contributed by atoms with Crippen LogP contribution in [0.25, 0.3) is 0 Å². The van der Waals surface area contributed by atoms with Gasteiger partial charge in [0, 0.05) is 17.9 Å². The van der Waals surface area contributed by atoms with Gasteiger partial charge in [0.15, 0.2) is 0 Å². The van der Waals surface area contributed by atoms with Gasteiger partial charge in [0.25, 0.3) is 0 Å². The van der Waals surface area contributed by atoms with Crippen LogP contribution in [0.2, 0.25) is 0 Å². The van der Waals surface area contributed by atoms with E-state index in [1.165, 1.54) is 7.11 Å². The number of hydrogen-bond acceptors (Lipinski definition) is 6. The van der Waals surface area contributed by atoms with Crippen LogP contribution in [0.15, 0.2) is 71.6 Å². The van der Waals surface area contributed by atoms with E-state index in [0.29, 0.717) is 23.7 Å². The molecular formula is C25H25NO5S2. The molecule has 0 amide bonds. The molecule has 0 saturated heterocycles. The Morgan fingerprint density at radius 2 is 1.85 bits per heavy atom. The van der Waals surface area contributed by atoms with Crippen molar-refractivity contribution in [3.63, 3.8) is 0 Å². The summed E-state index contributed by atoms with van der Waals surface area (Å²) in [7, 11) is -2.23. The molecule has 6 nitrogen and oxygen atoms in total. The number of ether oxygens (including phenoxy) is 2. The molecule has 33 heavy (non-hydrogen) atoms. The summed E-state index contributed by atoms with van der Waals surface area (Å²) < 4.78 is 38.8. The van der Waals surface area contributed by atoms with Gasteiger partial charge in [-0.1, -0.05) is 42.0 Å². The topological polar surface area (TPSA) is 81.7 Å². The third-order valence-electron chi connectivity index (χ3n) is 5.44. The van der Waals surface area contributed by atoms with Crippen LogP contribution in [0.5, 0.6) is 5.75 Å². The SMILES string of the molecule is COC(=O)c1ccc2c(c1)C(SCCNS(=O)(=O)c1ccc(C)cc1)c1ccccc1CO2. The summed E-state index contributed by atoms with van der Waals surface area (Å²) >= 11 is 1.60. The largest absolute Gasteiger partial charge is 0.489 e. The second-order valence-corrected chi connectivity index (χ2v) is 10.7. The molecule has 0 saturated carbocycles. The molecule has 1 N–H and O–H groups in total. The normalized spacial score (nSPS) is 15.0. The highest BCUT2D eigenvalue weighted by atomic mass is 32.2. The molecule has 8 heteroatoms. The summed E-state index contributed by atoms with van der Waals surface area (Å²) in [5.74, 6) is 0.827. The van der Waals surface area contributed by atoms with Gasteiger partial charge >= 0.3 is 5.97 Å². The summed E-state index contributed by atoms with van der Waals surface area (Å²) in [6, 6.07) is 20.1. The van der Waals surface area contributed by atoms with Gasteiger partial charge in [0.1, 0.15) is 12.4 Å². The molecule has 0 radical (unpaired) electrons. The van der Waals surface area contributed by atoms with Gasteiger partial charge in [0.05, 0.1) is 22.8 Å². The van der Waals surface area contributed by atoms with Crippen molar-refractivity contribution < 1.29 is 22.7 Å². The lowest BCUT2D eigenvalue weighted by molar-refractivity contribution is 0.0600. The second kappa shape index (κ2) is 9.99. The molecule has 1 heterocycles. The highest BCUT2D eigenvalue weighted by Crippen LogP contribution is 2.44. The van der Waals surface area contributed by atoms with Crippen LogP contribution < -0.4 is 9.46 Å². The van der Waals surface area contributed by atoms with E-state index < -0.39 is 16.0 Å². The van der Waals surface area contributed by atoms with E-state index in [2.05, 4.69) is 4.72 Å². The number of benzene rings is 3. The minimum atomic E-state index is -3.58. The molecule has 0 spiro atoms. The van der Waals surface area contributed by atoms with E-state index >= 15 is 0 Å².